The number of ether oxygens (including phenoxy) is 1. The van der Waals surface area contributed by atoms with Crippen LogP contribution >= 0.6 is 0 Å². The number of hydrogen-bond donors (Lipinski definition) is 1. The summed E-state index contributed by atoms with van der Waals surface area (Å²) < 4.78 is 11.4. The Morgan fingerprint density at radius 3 is 3.08 bits per heavy atom. The van der Waals surface area contributed by atoms with Crippen molar-refractivity contribution < 1.29 is 13.9 Å². The van der Waals surface area contributed by atoms with Crippen LogP contribution in [-0.2, 0) is 4.74 Å². The highest BCUT2D eigenvalue weighted by atomic mass is 16.5. The van der Waals surface area contributed by atoms with Gasteiger partial charge in [-0.05, 0) is 31.5 Å². The average molecular weight is 327 g/mol. The molecule has 1 N–H and O–H groups in total. The van der Waals surface area contributed by atoms with Crippen molar-refractivity contribution in [3.05, 3.63) is 48.0 Å². The highest BCUT2D eigenvalue weighted by Gasteiger charge is 2.47. The lowest BCUT2D eigenvalue weighted by molar-refractivity contribution is 0.0124. The summed E-state index contributed by atoms with van der Waals surface area (Å²) in [5, 5.41) is 3.42. The first-order valence-corrected chi connectivity index (χ1v) is 8.30. The molecule has 24 heavy (non-hydrogen) atoms. The third-order valence-corrected chi connectivity index (χ3v) is 4.92. The summed E-state index contributed by atoms with van der Waals surface area (Å²) in [6.07, 6.45) is 5.10. The van der Waals surface area contributed by atoms with E-state index in [2.05, 4.69) is 10.3 Å². The summed E-state index contributed by atoms with van der Waals surface area (Å²) in [5.74, 6) is 1.56. The minimum absolute atomic E-state index is 0.0304. The number of carbonyl (C=O) groups is 1. The molecule has 0 aliphatic carbocycles. The number of anilines is 1. The molecule has 2 saturated heterocycles. The molecule has 4 rings (SSSR count). The summed E-state index contributed by atoms with van der Waals surface area (Å²) >= 11 is 0. The molecule has 6 heteroatoms. The molecule has 1 amide bonds. The van der Waals surface area contributed by atoms with Gasteiger partial charge in [-0.2, -0.15) is 0 Å². The zero-order valence-corrected chi connectivity index (χ0v) is 13.7. The van der Waals surface area contributed by atoms with Crippen molar-refractivity contribution in [2.45, 2.75) is 31.4 Å². The number of nitrogens with one attached hydrogen (secondary N) is 1. The molecule has 2 fully saturated rings. The molecule has 2 aliphatic heterocycles. The summed E-state index contributed by atoms with van der Waals surface area (Å²) in [6.45, 7) is 3.82. The van der Waals surface area contributed by atoms with Crippen molar-refractivity contribution in [2.75, 3.05) is 25.0 Å². The van der Waals surface area contributed by atoms with Gasteiger partial charge >= 0.3 is 0 Å². The van der Waals surface area contributed by atoms with Gasteiger partial charge in [0.1, 0.15) is 11.6 Å². The van der Waals surface area contributed by atoms with E-state index in [4.69, 9.17) is 9.15 Å². The quantitative estimate of drug-likeness (QED) is 0.938. The molecular weight excluding hydrogens is 306 g/mol. The lowest BCUT2D eigenvalue weighted by Gasteiger charge is -2.23. The van der Waals surface area contributed by atoms with Gasteiger partial charge < -0.3 is 19.4 Å². The highest BCUT2D eigenvalue weighted by Crippen LogP contribution is 2.36. The molecular formula is C18H21N3O3. The third kappa shape index (κ3) is 2.78. The molecule has 0 aromatic carbocycles. The maximum Gasteiger partial charge on any atom is 0.257 e. The molecule has 1 spiro atoms. The van der Waals surface area contributed by atoms with Crippen molar-refractivity contribution in [1.29, 1.82) is 0 Å². The zero-order valence-electron chi connectivity index (χ0n) is 13.7. The van der Waals surface area contributed by atoms with Crippen LogP contribution in [0.25, 0.3) is 0 Å². The maximum atomic E-state index is 12.6. The molecule has 2 unspecified atom stereocenters. The number of aromatic nitrogens is 1. The molecule has 0 saturated carbocycles. The van der Waals surface area contributed by atoms with E-state index in [9.17, 15) is 4.79 Å². The van der Waals surface area contributed by atoms with Crippen molar-refractivity contribution in [3.8, 4) is 0 Å². The van der Waals surface area contributed by atoms with Crippen molar-refractivity contribution in [1.82, 2.24) is 9.88 Å². The van der Waals surface area contributed by atoms with Gasteiger partial charge in [0.05, 0.1) is 36.6 Å². The van der Waals surface area contributed by atoms with Gasteiger partial charge in [-0.25, -0.2) is 4.98 Å². The average Bonchev–Trinajstić information content (AvgIpc) is 3.30. The van der Waals surface area contributed by atoms with Crippen LogP contribution in [0.1, 0.15) is 29.0 Å². The van der Waals surface area contributed by atoms with Crippen LogP contribution in [0.3, 0.4) is 0 Å². The standard InChI is InChI=1S/C18H21N3O3/c1-13-15(5-9-23-13)17(22)21-8-6-18(12-21)10-14(11-24-18)20-16-4-2-3-7-19-16/h2-5,7,9,14H,6,8,10-12H2,1H3,(H,19,20). The first kappa shape index (κ1) is 15.2. The predicted octanol–water partition coefficient (Wildman–Crippen LogP) is 2.47. The first-order valence-electron chi connectivity index (χ1n) is 8.30. The Morgan fingerprint density at radius 1 is 1.42 bits per heavy atom. The Kier molecular flexibility index (Phi) is 3.76. The number of carbonyl (C=O) groups excluding carboxylic acids is 1. The van der Waals surface area contributed by atoms with Crippen molar-refractivity contribution >= 4 is 11.7 Å². The molecule has 0 radical (unpaired) electrons. The van der Waals surface area contributed by atoms with Gasteiger partial charge in [0, 0.05) is 19.2 Å². The van der Waals surface area contributed by atoms with Crippen LogP contribution < -0.4 is 5.32 Å². The Morgan fingerprint density at radius 2 is 2.33 bits per heavy atom. The van der Waals surface area contributed by atoms with E-state index in [0.29, 0.717) is 24.5 Å². The van der Waals surface area contributed by atoms with E-state index in [-0.39, 0.29) is 17.6 Å². The van der Waals surface area contributed by atoms with Crippen LogP contribution in [0.15, 0.2) is 41.1 Å². The molecule has 2 aliphatic rings. The van der Waals surface area contributed by atoms with Crippen LogP contribution in [-0.4, -0.2) is 47.1 Å². The van der Waals surface area contributed by atoms with Crippen LogP contribution in [0.2, 0.25) is 0 Å². The molecule has 4 heterocycles. The fourth-order valence-electron chi connectivity index (χ4n) is 3.67. The summed E-state index contributed by atoms with van der Waals surface area (Å²) in [4.78, 5) is 18.8. The zero-order chi connectivity index (χ0) is 16.6. The minimum Gasteiger partial charge on any atom is -0.469 e. The van der Waals surface area contributed by atoms with Gasteiger partial charge in [-0.1, -0.05) is 6.07 Å². The van der Waals surface area contributed by atoms with E-state index in [1.54, 1.807) is 18.5 Å². The second-order valence-corrected chi connectivity index (χ2v) is 6.62. The van der Waals surface area contributed by atoms with E-state index in [0.717, 1.165) is 25.2 Å². The largest absolute Gasteiger partial charge is 0.469 e. The normalized spacial score (nSPS) is 26.2. The Hall–Kier alpha value is -2.34. The molecule has 126 valence electrons. The molecule has 6 nitrogen and oxygen atoms in total. The van der Waals surface area contributed by atoms with Gasteiger partial charge in [0.2, 0.25) is 0 Å². The fraction of sp³-hybridized carbons (Fsp3) is 0.444. The van der Waals surface area contributed by atoms with Crippen LogP contribution in [0.4, 0.5) is 5.82 Å². The molecule has 2 atom stereocenters. The van der Waals surface area contributed by atoms with Gasteiger partial charge in [-0.15, -0.1) is 0 Å². The van der Waals surface area contributed by atoms with E-state index < -0.39 is 0 Å². The van der Waals surface area contributed by atoms with Crippen LogP contribution in [0.5, 0.6) is 0 Å². The number of nitrogens with zero attached hydrogens (tertiary/aromatic N) is 2. The lowest BCUT2D eigenvalue weighted by atomic mass is 9.97. The summed E-state index contributed by atoms with van der Waals surface area (Å²) in [6, 6.07) is 7.78. The minimum atomic E-state index is -0.236. The number of rotatable bonds is 3. The van der Waals surface area contributed by atoms with Crippen LogP contribution in [0, 0.1) is 6.92 Å². The van der Waals surface area contributed by atoms with E-state index in [1.807, 2.05) is 30.0 Å². The Bertz CT molecular complexity index is 730. The summed E-state index contributed by atoms with van der Waals surface area (Å²) in [7, 11) is 0. The highest BCUT2D eigenvalue weighted by molar-refractivity contribution is 5.95. The summed E-state index contributed by atoms with van der Waals surface area (Å²) in [5.41, 5.74) is 0.410. The van der Waals surface area contributed by atoms with Crippen molar-refractivity contribution in [2.24, 2.45) is 0 Å². The topological polar surface area (TPSA) is 67.6 Å². The second kappa shape index (κ2) is 5.94. The molecule has 2 aromatic heterocycles. The van der Waals surface area contributed by atoms with Crippen molar-refractivity contribution in [3.63, 3.8) is 0 Å². The second-order valence-electron chi connectivity index (χ2n) is 6.62. The number of amides is 1. The number of hydrogen-bond acceptors (Lipinski definition) is 5. The smallest absolute Gasteiger partial charge is 0.257 e. The molecule has 0 bridgehead atoms. The lowest BCUT2D eigenvalue weighted by Crippen LogP contribution is -2.36. The maximum absolute atomic E-state index is 12.6. The number of pyridine rings is 1. The Balaban J connectivity index is 1.40. The Labute approximate surface area is 140 Å². The van der Waals surface area contributed by atoms with E-state index in [1.165, 1.54) is 0 Å². The number of likely N-dealkylation sites (tertiary alicyclic amines) is 1. The van der Waals surface area contributed by atoms with Gasteiger partial charge in [-0.3, -0.25) is 4.79 Å². The van der Waals surface area contributed by atoms with Gasteiger partial charge in [0.25, 0.3) is 5.91 Å². The number of aryl methyl sites for hydroxylation is 1. The monoisotopic (exact) mass is 327 g/mol. The van der Waals surface area contributed by atoms with Gasteiger partial charge in [0.15, 0.2) is 0 Å². The predicted molar refractivity (Wildman–Crippen MR) is 88.9 cm³/mol. The first-order chi connectivity index (χ1) is 11.7. The fourth-order valence-corrected chi connectivity index (χ4v) is 3.67. The number of furan rings is 1. The van der Waals surface area contributed by atoms with E-state index >= 15 is 0 Å². The third-order valence-electron chi connectivity index (χ3n) is 4.92. The SMILES string of the molecule is Cc1occc1C(=O)N1CCC2(CC(Nc3ccccn3)CO2)C1. The molecule has 2 aromatic rings.